The van der Waals surface area contributed by atoms with Gasteiger partial charge in [-0.15, -0.1) is 0 Å². The van der Waals surface area contributed by atoms with Crippen LogP contribution in [0.1, 0.15) is 39.5 Å². The van der Waals surface area contributed by atoms with Crippen molar-refractivity contribution >= 4 is 0 Å². The summed E-state index contributed by atoms with van der Waals surface area (Å²) in [7, 11) is 0. The number of likely N-dealkylation sites (tertiary alicyclic amines) is 1. The average molecular weight is 254 g/mol. The summed E-state index contributed by atoms with van der Waals surface area (Å²) in [5.41, 5.74) is 0. The van der Waals surface area contributed by atoms with Crippen molar-refractivity contribution in [3.05, 3.63) is 0 Å². The second kappa shape index (κ2) is 7.46. The van der Waals surface area contributed by atoms with Crippen LogP contribution < -0.4 is 5.32 Å². The van der Waals surface area contributed by atoms with E-state index in [2.05, 4.69) is 24.1 Å². The van der Waals surface area contributed by atoms with E-state index in [9.17, 15) is 0 Å². The number of nitrogens with zero attached hydrogens (tertiary/aromatic N) is 1. The van der Waals surface area contributed by atoms with Crippen molar-refractivity contribution in [1.29, 1.82) is 0 Å². The molecule has 2 fully saturated rings. The highest BCUT2D eigenvalue weighted by atomic mass is 16.5. The second-order valence-corrected chi connectivity index (χ2v) is 6.38. The molecule has 0 aromatic heterocycles. The van der Waals surface area contributed by atoms with E-state index >= 15 is 0 Å². The molecule has 0 aromatic rings. The van der Waals surface area contributed by atoms with Crippen LogP contribution in [0.3, 0.4) is 0 Å². The summed E-state index contributed by atoms with van der Waals surface area (Å²) < 4.78 is 5.61. The molecule has 0 spiro atoms. The smallest absolute Gasteiger partial charge is 0.0590 e. The van der Waals surface area contributed by atoms with Crippen LogP contribution in [0.4, 0.5) is 0 Å². The zero-order valence-electron chi connectivity index (χ0n) is 12.2. The molecule has 1 atom stereocenters. The average Bonchev–Trinajstić information content (AvgIpc) is 3.08. The monoisotopic (exact) mass is 254 g/mol. The summed E-state index contributed by atoms with van der Waals surface area (Å²) in [5, 5.41) is 3.54. The highest BCUT2D eigenvalue weighted by Gasteiger charge is 2.33. The molecule has 0 amide bonds. The van der Waals surface area contributed by atoms with Gasteiger partial charge < -0.3 is 15.0 Å². The third-order valence-electron chi connectivity index (χ3n) is 4.08. The quantitative estimate of drug-likeness (QED) is 0.638. The van der Waals surface area contributed by atoms with Gasteiger partial charge in [-0.1, -0.05) is 13.8 Å². The van der Waals surface area contributed by atoms with E-state index in [1.165, 1.54) is 45.3 Å². The topological polar surface area (TPSA) is 24.5 Å². The largest absolute Gasteiger partial charge is 0.380 e. The molecule has 1 aliphatic carbocycles. The Kier molecular flexibility index (Phi) is 5.93. The van der Waals surface area contributed by atoms with Gasteiger partial charge in [0.25, 0.3) is 0 Å². The van der Waals surface area contributed by atoms with Gasteiger partial charge in [0, 0.05) is 25.7 Å². The maximum absolute atomic E-state index is 5.61. The van der Waals surface area contributed by atoms with Gasteiger partial charge in [0.15, 0.2) is 0 Å². The van der Waals surface area contributed by atoms with E-state index in [4.69, 9.17) is 4.74 Å². The minimum atomic E-state index is 0.754. The maximum Gasteiger partial charge on any atom is 0.0590 e. The lowest BCUT2D eigenvalue weighted by Gasteiger charge is -2.15. The molecule has 2 rings (SSSR count). The van der Waals surface area contributed by atoms with Crippen LogP contribution in [-0.4, -0.2) is 50.3 Å². The van der Waals surface area contributed by atoms with Gasteiger partial charge in [0.05, 0.1) is 6.61 Å². The van der Waals surface area contributed by atoms with Gasteiger partial charge >= 0.3 is 0 Å². The highest BCUT2D eigenvalue weighted by molar-refractivity contribution is 4.89. The molecule has 3 heteroatoms. The molecule has 18 heavy (non-hydrogen) atoms. The van der Waals surface area contributed by atoms with Crippen LogP contribution in [0.15, 0.2) is 0 Å². The molecule has 1 saturated carbocycles. The first-order valence-electron chi connectivity index (χ1n) is 7.78. The highest BCUT2D eigenvalue weighted by Crippen LogP contribution is 2.31. The SMILES string of the molecule is CC(C)CCOCCNCC1CCN(C2CC2)C1. The Balaban J connectivity index is 1.39. The molecule has 0 radical (unpaired) electrons. The normalized spacial score (nSPS) is 25.2. The molecule has 0 bridgehead atoms. The number of rotatable bonds is 9. The summed E-state index contributed by atoms with van der Waals surface area (Å²) in [6, 6.07) is 0.953. The van der Waals surface area contributed by atoms with Crippen LogP contribution in [0, 0.1) is 11.8 Å². The molecule has 0 aromatic carbocycles. The van der Waals surface area contributed by atoms with E-state index in [1.54, 1.807) is 0 Å². The van der Waals surface area contributed by atoms with Crippen LogP contribution in [-0.2, 0) is 4.74 Å². The Hall–Kier alpha value is -0.120. The predicted octanol–water partition coefficient (Wildman–Crippen LogP) is 2.12. The van der Waals surface area contributed by atoms with Crippen molar-refractivity contribution in [2.75, 3.05) is 39.4 Å². The van der Waals surface area contributed by atoms with Crippen molar-refractivity contribution in [3.8, 4) is 0 Å². The summed E-state index contributed by atoms with van der Waals surface area (Å²) in [6.45, 7) is 11.1. The summed E-state index contributed by atoms with van der Waals surface area (Å²) in [4.78, 5) is 2.69. The predicted molar refractivity (Wildman–Crippen MR) is 75.8 cm³/mol. The van der Waals surface area contributed by atoms with E-state index in [0.29, 0.717) is 0 Å². The van der Waals surface area contributed by atoms with Crippen molar-refractivity contribution in [3.63, 3.8) is 0 Å². The molecular weight excluding hydrogens is 224 g/mol. The summed E-state index contributed by atoms with van der Waals surface area (Å²) >= 11 is 0. The molecule has 3 nitrogen and oxygen atoms in total. The Morgan fingerprint density at radius 2 is 2.06 bits per heavy atom. The minimum absolute atomic E-state index is 0.754. The first-order valence-corrected chi connectivity index (χ1v) is 7.78. The third kappa shape index (κ3) is 5.25. The lowest BCUT2D eigenvalue weighted by molar-refractivity contribution is 0.124. The van der Waals surface area contributed by atoms with Crippen LogP contribution in [0.5, 0.6) is 0 Å². The van der Waals surface area contributed by atoms with Crippen LogP contribution >= 0.6 is 0 Å². The van der Waals surface area contributed by atoms with Gasteiger partial charge in [-0.25, -0.2) is 0 Å². The van der Waals surface area contributed by atoms with Gasteiger partial charge in [0.2, 0.25) is 0 Å². The Labute approximate surface area is 112 Å². The third-order valence-corrected chi connectivity index (χ3v) is 4.08. The van der Waals surface area contributed by atoms with Crippen molar-refractivity contribution in [2.24, 2.45) is 11.8 Å². The van der Waals surface area contributed by atoms with E-state index in [1.807, 2.05) is 0 Å². The maximum atomic E-state index is 5.61. The van der Waals surface area contributed by atoms with Crippen LogP contribution in [0.25, 0.3) is 0 Å². The molecule has 2 aliphatic rings. The summed E-state index contributed by atoms with van der Waals surface area (Å²) in [5.74, 6) is 1.63. The molecular formula is C15H30N2O. The molecule has 106 valence electrons. The standard InChI is InChI=1S/C15H30N2O/c1-13(2)6-9-18-10-7-16-11-14-5-8-17(12-14)15-3-4-15/h13-16H,3-12H2,1-2H3. The molecule has 1 N–H and O–H groups in total. The van der Waals surface area contributed by atoms with Crippen LogP contribution in [0.2, 0.25) is 0 Å². The fourth-order valence-electron chi connectivity index (χ4n) is 2.67. The molecule has 1 saturated heterocycles. The Bertz CT molecular complexity index is 229. The van der Waals surface area contributed by atoms with E-state index in [0.717, 1.165) is 37.6 Å². The van der Waals surface area contributed by atoms with Gasteiger partial charge in [0.1, 0.15) is 0 Å². The van der Waals surface area contributed by atoms with E-state index < -0.39 is 0 Å². The van der Waals surface area contributed by atoms with Gasteiger partial charge in [-0.2, -0.15) is 0 Å². The molecule has 1 heterocycles. The minimum Gasteiger partial charge on any atom is -0.380 e. The first kappa shape index (κ1) is 14.3. The molecule has 1 aliphatic heterocycles. The van der Waals surface area contributed by atoms with E-state index in [-0.39, 0.29) is 0 Å². The molecule has 1 unspecified atom stereocenters. The van der Waals surface area contributed by atoms with Crippen molar-refractivity contribution < 1.29 is 4.74 Å². The number of nitrogens with one attached hydrogen (secondary N) is 1. The number of hydrogen-bond acceptors (Lipinski definition) is 3. The summed E-state index contributed by atoms with van der Waals surface area (Å²) in [6.07, 6.45) is 5.46. The fraction of sp³-hybridized carbons (Fsp3) is 1.00. The van der Waals surface area contributed by atoms with Gasteiger partial charge in [-0.05, 0) is 50.6 Å². The zero-order valence-corrected chi connectivity index (χ0v) is 12.2. The number of hydrogen-bond donors (Lipinski definition) is 1. The van der Waals surface area contributed by atoms with Gasteiger partial charge in [-0.3, -0.25) is 0 Å². The fourth-order valence-corrected chi connectivity index (χ4v) is 2.67. The lowest BCUT2D eigenvalue weighted by Crippen LogP contribution is -2.29. The Morgan fingerprint density at radius 1 is 1.22 bits per heavy atom. The van der Waals surface area contributed by atoms with Crippen molar-refractivity contribution in [1.82, 2.24) is 10.2 Å². The Morgan fingerprint density at radius 3 is 2.78 bits per heavy atom. The second-order valence-electron chi connectivity index (χ2n) is 6.38. The number of ether oxygens (including phenoxy) is 1. The first-order chi connectivity index (χ1) is 8.75. The lowest BCUT2D eigenvalue weighted by atomic mass is 10.1. The zero-order chi connectivity index (χ0) is 12.8. The van der Waals surface area contributed by atoms with Crippen molar-refractivity contribution in [2.45, 2.75) is 45.6 Å².